The lowest BCUT2D eigenvalue weighted by atomic mass is 10.2. The first-order valence-electron chi connectivity index (χ1n) is 6.99. The number of benzene rings is 2. The monoisotopic (exact) mass is 288 g/mol. The third kappa shape index (κ3) is 4.76. The van der Waals surface area contributed by atoms with Crippen LogP contribution in [0.1, 0.15) is 5.56 Å². The van der Waals surface area contributed by atoms with Crippen molar-refractivity contribution in [1.82, 2.24) is 4.90 Å². The zero-order valence-corrected chi connectivity index (χ0v) is 12.5. The number of methoxy groups -OCH3 is 1. The highest BCUT2D eigenvalue weighted by molar-refractivity contribution is 5.42. The Morgan fingerprint density at radius 1 is 1.14 bits per heavy atom. The van der Waals surface area contributed by atoms with Crippen LogP contribution in [0, 0.1) is 5.82 Å². The minimum Gasteiger partial charge on any atom is -0.496 e. The number of halogens is 1. The van der Waals surface area contributed by atoms with Crippen LogP contribution < -0.4 is 10.1 Å². The topological polar surface area (TPSA) is 24.5 Å². The van der Waals surface area contributed by atoms with Crippen LogP contribution in [-0.4, -0.2) is 32.1 Å². The van der Waals surface area contributed by atoms with Crippen LogP contribution in [0.5, 0.6) is 5.75 Å². The Bertz CT molecular complexity index is 574. The molecule has 112 valence electrons. The molecule has 0 amide bonds. The SMILES string of the molecule is COc1ccccc1CN(C)CCNc1cccc(F)c1. The van der Waals surface area contributed by atoms with E-state index in [1.54, 1.807) is 13.2 Å². The number of nitrogens with one attached hydrogen (secondary N) is 1. The third-order valence-electron chi connectivity index (χ3n) is 3.28. The van der Waals surface area contributed by atoms with Crippen molar-refractivity contribution in [3.63, 3.8) is 0 Å². The summed E-state index contributed by atoms with van der Waals surface area (Å²) >= 11 is 0. The van der Waals surface area contributed by atoms with Crippen molar-refractivity contribution in [1.29, 1.82) is 0 Å². The van der Waals surface area contributed by atoms with E-state index in [0.717, 1.165) is 36.6 Å². The summed E-state index contributed by atoms with van der Waals surface area (Å²) in [6.07, 6.45) is 0. The summed E-state index contributed by atoms with van der Waals surface area (Å²) < 4.78 is 18.4. The lowest BCUT2D eigenvalue weighted by Gasteiger charge is -2.19. The maximum absolute atomic E-state index is 13.1. The molecule has 2 rings (SSSR count). The van der Waals surface area contributed by atoms with Crippen LogP contribution in [0.3, 0.4) is 0 Å². The van der Waals surface area contributed by atoms with E-state index in [2.05, 4.69) is 23.3 Å². The molecule has 0 aliphatic carbocycles. The highest BCUT2D eigenvalue weighted by atomic mass is 19.1. The molecule has 0 radical (unpaired) electrons. The zero-order chi connectivity index (χ0) is 15.1. The van der Waals surface area contributed by atoms with E-state index in [4.69, 9.17) is 4.74 Å². The van der Waals surface area contributed by atoms with Crippen molar-refractivity contribution in [2.75, 3.05) is 32.6 Å². The molecule has 0 heterocycles. The minimum absolute atomic E-state index is 0.220. The van der Waals surface area contributed by atoms with Crippen LogP contribution in [-0.2, 0) is 6.54 Å². The van der Waals surface area contributed by atoms with Gasteiger partial charge in [-0.3, -0.25) is 0 Å². The van der Waals surface area contributed by atoms with Gasteiger partial charge in [-0.2, -0.15) is 0 Å². The van der Waals surface area contributed by atoms with Gasteiger partial charge in [-0.1, -0.05) is 24.3 Å². The Balaban J connectivity index is 1.81. The fourth-order valence-electron chi connectivity index (χ4n) is 2.19. The first-order valence-corrected chi connectivity index (χ1v) is 6.99. The maximum atomic E-state index is 13.1. The number of para-hydroxylation sites is 1. The molecule has 0 bridgehead atoms. The van der Waals surface area contributed by atoms with E-state index in [0.29, 0.717) is 0 Å². The van der Waals surface area contributed by atoms with Gasteiger partial charge in [0.15, 0.2) is 0 Å². The standard InChI is InChI=1S/C17H21FN2O/c1-20(13-14-6-3-4-9-17(14)21-2)11-10-19-16-8-5-7-15(18)12-16/h3-9,12,19H,10-11,13H2,1-2H3. The number of hydrogen-bond acceptors (Lipinski definition) is 3. The number of ether oxygens (including phenoxy) is 1. The normalized spacial score (nSPS) is 10.7. The zero-order valence-electron chi connectivity index (χ0n) is 12.5. The Morgan fingerprint density at radius 2 is 1.95 bits per heavy atom. The van der Waals surface area contributed by atoms with Crippen molar-refractivity contribution in [2.24, 2.45) is 0 Å². The van der Waals surface area contributed by atoms with Crippen molar-refractivity contribution in [3.05, 3.63) is 59.9 Å². The summed E-state index contributed by atoms with van der Waals surface area (Å²) in [5.74, 6) is 0.685. The second kappa shape index (κ2) is 7.64. The Morgan fingerprint density at radius 3 is 2.71 bits per heavy atom. The average molecular weight is 288 g/mol. The van der Waals surface area contributed by atoms with E-state index in [9.17, 15) is 4.39 Å². The summed E-state index contributed by atoms with van der Waals surface area (Å²) in [5.41, 5.74) is 1.97. The van der Waals surface area contributed by atoms with Crippen molar-refractivity contribution < 1.29 is 9.13 Å². The van der Waals surface area contributed by atoms with Gasteiger partial charge in [0, 0.05) is 30.9 Å². The van der Waals surface area contributed by atoms with Crippen LogP contribution in [0.2, 0.25) is 0 Å². The molecular weight excluding hydrogens is 267 g/mol. The van der Waals surface area contributed by atoms with E-state index in [1.165, 1.54) is 12.1 Å². The van der Waals surface area contributed by atoms with Gasteiger partial charge in [-0.15, -0.1) is 0 Å². The Kier molecular flexibility index (Phi) is 5.58. The first-order chi connectivity index (χ1) is 10.2. The van der Waals surface area contributed by atoms with Gasteiger partial charge in [0.25, 0.3) is 0 Å². The van der Waals surface area contributed by atoms with Gasteiger partial charge in [0.05, 0.1) is 7.11 Å². The second-order valence-electron chi connectivity index (χ2n) is 4.99. The third-order valence-corrected chi connectivity index (χ3v) is 3.28. The number of rotatable bonds is 7. The maximum Gasteiger partial charge on any atom is 0.125 e. The molecule has 2 aromatic rings. The molecular formula is C17H21FN2O. The quantitative estimate of drug-likeness (QED) is 0.845. The van der Waals surface area contributed by atoms with Crippen LogP contribution in [0.25, 0.3) is 0 Å². The fraction of sp³-hybridized carbons (Fsp3) is 0.294. The summed E-state index contributed by atoms with van der Waals surface area (Å²) in [6.45, 7) is 2.43. The smallest absolute Gasteiger partial charge is 0.125 e. The highest BCUT2D eigenvalue weighted by Crippen LogP contribution is 2.18. The van der Waals surface area contributed by atoms with Crippen molar-refractivity contribution in [2.45, 2.75) is 6.54 Å². The molecule has 0 aromatic heterocycles. The minimum atomic E-state index is -0.220. The van der Waals surface area contributed by atoms with E-state index in [1.807, 2.05) is 24.3 Å². The number of likely N-dealkylation sites (N-methyl/N-ethyl adjacent to an activating group) is 1. The van der Waals surface area contributed by atoms with Gasteiger partial charge < -0.3 is 15.0 Å². The summed E-state index contributed by atoms with van der Waals surface area (Å²) in [6, 6.07) is 14.5. The molecule has 0 saturated carbocycles. The number of anilines is 1. The largest absolute Gasteiger partial charge is 0.496 e. The molecule has 0 saturated heterocycles. The van der Waals surface area contributed by atoms with E-state index in [-0.39, 0.29) is 5.82 Å². The lowest BCUT2D eigenvalue weighted by Crippen LogP contribution is -2.25. The van der Waals surface area contributed by atoms with Crippen molar-refractivity contribution >= 4 is 5.69 Å². The number of hydrogen-bond donors (Lipinski definition) is 1. The molecule has 0 unspecified atom stereocenters. The van der Waals surface area contributed by atoms with E-state index < -0.39 is 0 Å². The van der Waals surface area contributed by atoms with Crippen molar-refractivity contribution in [3.8, 4) is 5.75 Å². The molecule has 4 heteroatoms. The van der Waals surface area contributed by atoms with Gasteiger partial charge in [0.2, 0.25) is 0 Å². The summed E-state index contributed by atoms with van der Waals surface area (Å²) in [7, 11) is 3.74. The fourth-order valence-corrected chi connectivity index (χ4v) is 2.19. The molecule has 0 aliphatic rings. The predicted molar refractivity (Wildman–Crippen MR) is 84.2 cm³/mol. The molecule has 2 aromatic carbocycles. The Hall–Kier alpha value is -2.07. The van der Waals surface area contributed by atoms with Gasteiger partial charge in [0.1, 0.15) is 11.6 Å². The average Bonchev–Trinajstić information content (AvgIpc) is 2.48. The first kappa shape index (κ1) is 15.3. The Labute approximate surface area is 125 Å². The molecule has 21 heavy (non-hydrogen) atoms. The van der Waals surface area contributed by atoms with Crippen LogP contribution >= 0.6 is 0 Å². The van der Waals surface area contributed by atoms with E-state index >= 15 is 0 Å². The number of nitrogens with zero attached hydrogens (tertiary/aromatic N) is 1. The molecule has 3 nitrogen and oxygen atoms in total. The summed E-state index contributed by atoms with van der Waals surface area (Å²) in [4.78, 5) is 2.20. The molecule has 0 fully saturated rings. The van der Waals surface area contributed by atoms with Gasteiger partial charge in [-0.25, -0.2) is 4.39 Å². The van der Waals surface area contributed by atoms with Gasteiger partial charge in [-0.05, 0) is 31.3 Å². The van der Waals surface area contributed by atoms with Crippen LogP contribution in [0.15, 0.2) is 48.5 Å². The highest BCUT2D eigenvalue weighted by Gasteiger charge is 2.05. The second-order valence-corrected chi connectivity index (χ2v) is 4.99. The molecule has 0 aliphatic heterocycles. The molecule has 0 spiro atoms. The lowest BCUT2D eigenvalue weighted by molar-refractivity contribution is 0.328. The predicted octanol–water partition coefficient (Wildman–Crippen LogP) is 3.38. The molecule has 0 atom stereocenters. The van der Waals surface area contributed by atoms with Crippen LogP contribution in [0.4, 0.5) is 10.1 Å². The summed E-state index contributed by atoms with van der Waals surface area (Å²) in [5, 5.41) is 3.22. The van der Waals surface area contributed by atoms with Gasteiger partial charge >= 0.3 is 0 Å². The molecule has 1 N–H and O–H groups in total.